The van der Waals surface area contributed by atoms with Crippen LogP contribution in [0.25, 0.3) is 21.1 Å². The summed E-state index contributed by atoms with van der Waals surface area (Å²) in [5.74, 6) is 0.641. The highest BCUT2D eigenvalue weighted by Crippen LogP contribution is 2.32. The molecule has 190 valence electrons. The maximum absolute atomic E-state index is 13.4. The van der Waals surface area contributed by atoms with Crippen LogP contribution in [0.15, 0.2) is 53.3 Å². The maximum atomic E-state index is 13.4. The Balaban J connectivity index is 1.35. The summed E-state index contributed by atoms with van der Waals surface area (Å²) in [6, 6.07) is 15.9. The van der Waals surface area contributed by atoms with E-state index in [9.17, 15) is 4.79 Å². The lowest BCUT2D eigenvalue weighted by molar-refractivity contribution is 0.171. The first-order chi connectivity index (χ1) is 18.1. The number of aromatic amines is 1. The van der Waals surface area contributed by atoms with Gasteiger partial charge in [-0.2, -0.15) is 0 Å². The van der Waals surface area contributed by atoms with Crippen LogP contribution in [0.5, 0.6) is 0 Å². The standard InChI is InChI=1S/C26H28N8O2S/c1-17-7-8-18-16-19(25(35)27-21(18)15-17)23(24-29-30-31-34(24)13-14-36-2)32-9-11-33(12-10-32)26-28-20-5-3-4-6-22(20)37-26/h3-8,15-16,23H,9-14H2,1-2H3,(H,27,35)/t23-/m0/s1. The Morgan fingerprint density at radius 1 is 1.11 bits per heavy atom. The number of nitrogens with one attached hydrogen (secondary N) is 1. The summed E-state index contributed by atoms with van der Waals surface area (Å²) in [5, 5.41) is 14.6. The normalized spacial score (nSPS) is 15.6. The minimum Gasteiger partial charge on any atom is -0.383 e. The lowest BCUT2D eigenvalue weighted by Gasteiger charge is -2.38. The topological polar surface area (TPSA) is 105 Å². The van der Waals surface area contributed by atoms with Gasteiger partial charge in [-0.3, -0.25) is 9.69 Å². The van der Waals surface area contributed by atoms with Crippen molar-refractivity contribution in [2.24, 2.45) is 0 Å². The second kappa shape index (κ2) is 10.0. The molecule has 1 aliphatic heterocycles. The van der Waals surface area contributed by atoms with Crippen molar-refractivity contribution in [3.8, 4) is 0 Å². The summed E-state index contributed by atoms with van der Waals surface area (Å²) >= 11 is 1.72. The lowest BCUT2D eigenvalue weighted by Crippen LogP contribution is -2.49. The van der Waals surface area contributed by atoms with Gasteiger partial charge in [-0.15, -0.1) is 5.10 Å². The third-order valence-corrected chi connectivity index (χ3v) is 7.97. The molecular formula is C26H28N8O2S. The molecule has 1 atom stereocenters. The van der Waals surface area contributed by atoms with Crippen molar-refractivity contribution < 1.29 is 4.74 Å². The number of ether oxygens (including phenoxy) is 1. The van der Waals surface area contributed by atoms with Crippen LogP contribution < -0.4 is 10.5 Å². The molecule has 11 heteroatoms. The molecule has 1 N–H and O–H groups in total. The Hall–Kier alpha value is -3.67. The van der Waals surface area contributed by atoms with Gasteiger partial charge in [0.2, 0.25) is 0 Å². The maximum Gasteiger partial charge on any atom is 0.253 e. The molecule has 37 heavy (non-hydrogen) atoms. The molecule has 1 fully saturated rings. The molecule has 0 bridgehead atoms. The zero-order valence-electron chi connectivity index (χ0n) is 20.8. The van der Waals surface area contributed by atoms with Gasteiger partial charge in [0.05, 0.1) is 23.4 Å². The summed E-state index contributed by atoms with van der Waals surface area (Å²) in [7, 11) is 1.65. The molecule has 0 radical (unpaired) electrons. The number of para-hydroxylation sites is 1. The van der Waals surface area contributed by atoms with Crippen molar-refractivity contribution in [2.75, 3.05) is 44.8 Å². The molecule has 6 rings (SSSR count). The molecule has 3 aromatic heterocycles. The first kappa shape index (κ1) is 23.7. The van der Waals surface area contributed by atoms with Gasteiger partial charge in [0.15, 0.2) is 11.0 Å². The highest BCUT2D eigenvalue weighted by molar-refractivity contribution is 7.22. The molecule has 0 saturated carbocycles. The van der Waals surface area contributed by atoms with Crippen LogP contribution in [0.2, 0.25) is 0 Å². The summed E-state index contributed by atoms with van der Waals surface area (Å²) in [4.78, 5) is 26.0. The molecule has 0 amide bonds. The number of rotatable bonds is 7. The van der Waals surface area contributed by atoms with Crippen molar-refractivity contribution >= 4 is 37.6 Å². The number of methoxy groups -OCH3 is 1. The Morgan fingerprint density at radius 2 is 1.95 bits per heavy atom. The van der Waals surface area contributed by atoms with Crippen molar-refractivity contribution in [2.45, 2.75) is 19.5 Å². The number of aromatic nitrogens is 6. The fourth-order valence-electron chi connectivity index (χ4n) is 4.95. The molecule has 1 aliphatic rings. The number of nitrogens with zero attached hydrogens (tertiary/aromatic N) is 7. The summed E-state index contributed by atoms with van der Waals surface area (Å²) < 4.78 is 8.20. The third-order valence-electron chi connectivity index (χ3n) is 6.87. The van der Waals surface area contributed by atoms with Gasteiger partial charge in [-0.1, -0.05) is 35.6 Å². The van der Waals surface area contributed by atoms with Crippen LogP contribution in [0.1, 0.15) is 23.0 Å². The van der Waals surface area contributed by atoms with Gasteiger partial charge in [0.25, 0.3) is 5.56 Å². The SMILES string of the molecule is COCCn1nnnc1[C@H](c1cc2ccc(C)cc2[nH]c1=O)N1CCN(c2nc3ccccc3s2)CC1. The van der Waals surface area contributed by atoms with E-state index in [2.05, 4.69) is 48.5 Å². The Morgan fingerprint density at radius 3 is 2.76 bits per heavy atom. The van der Waals surface area contributed by atoms with Crippen LogP contribution in [-0.2, 0) is 11.3 Å². The van der Waals surface area contributed by atoms with Gasteiger partial charge in [-0.05, 0) is 52.6 Å². The first-order valence-electron chi connectivity index (χ1n) is 12.3. The molecule has 4 heterocycles. The molecule has 10 nitrogen and oxygen atoms in total. The summed E-state index contributed by atoms with van der Waals surface area (Å²) in [6.45, 7) is 6.06. The number of tetrazole rings is 1. The zero-order chi connectivity index (χ0) is 25.4. The fourth-order valence-corrected chi connectivity index (χ4v) is 5.96. The zero-order valence-corrected chi connectivity index (χ0v) is 21.6. The Bertz CT molecular complexity index is 1570. The molecule has 0 spiro atoms. The number of thiazole rings is 1. The largest absolute Gasteiger partial charge is 0.383 e. The number of fused-ring (bicyclic) bond motifs is 2. The van der Waals surface area contributed by atoms with E-state index in [0.717, 1.165) is 53.3 Å². The van der Waals surface area contributed by atoms with Crippen LogP contribution in [0.4, 0.5) is 5.13 Å². The average molecular weight is 517 g/mol. The number of H-pyrrole nitrogens is 1. The number of benzene rings is 2. The monoisotopic (exact) mass is 516 g/mol. The van der Waals surface area contributed by atoms with E-state index in [1.54, 1.807) is 23.1 Å². The molecule has 1 saturated heterocycles. The van der Waals surface area contributed by atoms with E-state index < -0.39 is 0 Å². The van der Waals surface area contributed by atoms with Crippen molar-refractivity contribution in [1.29, 1.82) is 0 Å². The highest BCUT2D eigenvalue weighted by atomic mass is 32.1. The molecule has 0 aliphatic carbocycles. The van der Waals surface area contributed by atoms with Crippen LogP contribution in [0, 0.1) is 6.92 Å². The van der Waals surface area contributed by atoms with Gasteiger partial charge in [-0.25, -0.2) is 9.67 Å². The number of aryl methyl sites for hydroxylation is 1. The fraction of sp³-hybridized carbons (Fsp3) is 0.346. The number of pyridine rings is 1. The number of anilines is 1. The molecule has 0 unspecified atom stereocenters. The van der Waals surface area contributed by atoms with E-state index in [-0.39, 0.29) is 11.6 Å². The Kier molecular flexibility index (Phi) is 6.41. The second-order valence-electron chi connectivity index (χ2n) is 9.29. The van der Waals surface area contributed by atoms with E-state index in [0.29, 0.717) is 24.5 Å². The van der Waals surface area contributed by atoms with E-state index in [1.807, 2.05) is 37.3 Å². The van der Waals surface area contributed by atoms with Gasteiger partial charge < -0.3 is 14.6 Å². The molecule has 2 aromatic carbocycles. The molecule has 5 aromatic rings. The van der Waals surface area contributed by atoms with Crippen molar-refractivity contribution in [3.05, 3.63) is 75.8 Å². The van der Waals surface area contributed by atoms with Crippen LogP contribution in [-0.4, -0.2) is 75.0 Å². The smallest absolute Gasteiger partial charge is 0.253 e. The van der Waals surface area contributed by atoms with E-state index in [1.165, 1.54) is 4.70 Å². The third kappa shape index (κ3) is 4.61. The van der Waals surface area contributed by atoms with E-state index in [4.69, 9.17) is 9.72 Å². The van der Waals surface area contributed by atoms with Gasteiger partial charge >= 0.3 is 0 Å². The van der Waals surface area contributed by atoms with Gasteiger partial charge in [0, 0.05) is 44.4 Å². The van der Waals surface area contributed by atoms with Crippen LogP contribution >= 0.6 is 11.3 Å². The summed E-state index contributed by atoms with van der Waals surface area (Å²) in [5.41, 5.74) is 3.46. The Labute approximate surface area is 217 Å². The minimum atomic E-state index is -0.390. The quantitative estimate of drug-likeness (QED) is 0.352. The minimum absolute atomic E-state index is 0.127. The van der Waals surface area contributed by atoms with Crippen molar-refractivity contribution in [1.82, 2.24) is 35.1 Å². The second-order valence-corrected chi connectivity index (χ2v) is 10.3. The number of piperazine rings is 1. The number of hydrogen-bond acceptors (Lipinski definition) is 9. The highest BCUT2D eigenvalue weighted by Gasteiger charge is 2.33. The lowest BCUT2D eigenvalue weighted by atomic mass is 10.0. The predicted molar refractivity (Wildman–Crippen MR) is 144 cm³/mol. The first-order valence-corrected chi connectivity index (χ1v) is 13.2. The van der Waals surface area contributed by atoms with E-state index >= 15 is 0 Å². The van der Waals surface area contributed by atoms with Crippen molar-refractivity contribution in [3.63, 3.8) is 0 Å². The predicted octanol–water partition coefficient (Wildman–Crippen LogP) is 2.99. The molecular weight excluding hydrogens is 488 g/mol. The number of hydrogen-bond donors (Lipinski definition) is 1. The van der Waals surface area contributed by atoms with Crippen LogP contribution in [0.3, 0.4) is 0 Å². The van der Waals surface area contributed by atoms with Gasteiger partial charge in [0.1, 0.15) is 6.04 Å². The average Bonchev–Trinajstić information content (AvgIpc) is 3.55. The summed E-state index contributed by atoms with van der Waals surface area (Å²) in [6.07, 6.45) is 0.